The van der Waals surface area contributed by atoms with Crippen LogP contribution in [0.25, 0.3) is 0 Å². The molecule has 0 spiro atoms. The quantitative estimate of drug-likeness (QED) is 0.685. The molecule has 0 aliphatic carbocycles. The zero-order valence-electron chi connectivity index (χ0n) is 6.91. The molecule has 8 heteroatoms. The van der Waals surface area contributed by atoms with E-state index in [0.29, 0.717) is 4.31 Å². The lowest BCUT2D eigenvalue weighted by atomic mass is 10.4. The average Bonchev–Trinajstić information content (AvgIpc) is 1.99. The molecule has 0 aliphatic rings. The van der Waals surface area contributed by atoms with Gasteiger partial charge >= 0.3 is 5.76 Å². The van der Waals surface area contributed by atoms with E-state index >= 15 is 0 Å². The number of hydrogen-bond donors (Lipinski definition) is 1. The van der Waals surface area contributed by atoms with Crippen molar-refractivity contribution in [2.24, 2.45) is 5.73 Å². The second-order valence-corrected chi connectivity index (χ2v) is 4.88. The zero-order chi connectivity index (χ0) is 10.6. The summed E-state index contributed by atoms with van der Waals surface area (Å²) in [6.07, 6.45) is 0.0950. The van der Waals surface area contributed by atoms with Crippen molar-refractivity contribution in [3.05, 3.63) is 0 Å². The molecule has 0 aromatic rings. The van der Waals surface area contributed by atoms with E-state index in [0.717, 1.165) is 7.05 Å². The highest BCUT2D eigenvalue weighted by atomic mass is 32.2. The maximum absolute atomic E-state index is 11.9. The fraction of sp³-hybridized carbons (Fsp3) is 0.800. The first-order chi connectivity index (χ1) is 5.78. The summed E-state index contributed by atoms with van der Waals surface area (Å²) in [5.41, 5.74) is 5.08. The lowest BCUT2D eigenvalue weighted by Crippen LogP contribution is -2.34. The summed E-state index contributed by atoms with van der Waals surface area (Å²) in [5.74, 6) is -3.40. The molecule has 0 aliphatic heterocycles. The summed E-state index contributed by atoms with van der Waals surface area (Å²) < 4.78 is 45.8. The molecule has 0 bridgehead atoms. The molecular formula is C5H10F2N2O2S2. The van der Waals surface area contributed by atoms with Crippen LogP contribution in [0.3, 0.4) is 0 Å². The maximum atomic E-state index is 11.9. The fourth-order valence-corrected chi connectivity index (χ4v) is 1.24. The third-order valence-corrected chi connectivity index (χ3v) is 3.04. The van der Waals surface area contributed by atoms with Gasteiger partial charge in [0.25, 0.3) is 10.0 Å². The summed E-state index contributed by atoms with van der Waals surface area (Å²) in [7, 11) is -3.43. The molecule has 0 heterocycles. The van der Waals surface area contributed by atoms with Crippen LogP contribution in [0.15, 0.2) is 0 Å². The van der Waals surface area contributed by atoms with Crippen LogP contribution in [0, 0.1) is 0 Å². The molecule has 0 unspecified atom stereocenters. The number of hydrogen-bond acceptors (Lipinski definition) is 3. The Morgan fingerprint density at radius 2 is 2.08 bits per heavy atom. The Hall–Kier alpha value is -0.340. The van der Waals surface area contributed by atoms with E-state index < -0.39 is 15.8 Å². The van der Waals surface area contributed by atoms with Gasteiger partial charge < -0.3 is 5.73 Å². The first-order valence-corrected chi connectivity index (χ1v) is 5.21. The van der Waals surface area contributed by atoms with Crippen molar-refractivity contribution >= 4 is 27.2 Å². The Bertz CT molecular complexity index is 278. The van der Waals surface area contributed by atoms with Crippen molar-refractivity contribution in [1.82, 2.24) is 4.31 Å². The molecular weight excluding hydrogens is 222 g/mol. The highest BCUT2D eigenvalue weighted by Gasteiger charge is 2.28. The molecule has 0 radical (unpaired) electrons. The number of halogens is 2. The molecule has 0 rings (SSSR count). The molecule has 78 valence electrons. The number of nitrogens with two attached hydrogens (primary N) is 1. The molecule has 2 N–H and O–H groups in total. The number of alkyl halides is 2. The van der Waals surface area contributed by atoms with E-state index in [9.17, 15) is 17.2 Å². The van der Waals surface area contributed by atoms with Gasteiger partial charge in [0, 0.05) is 20.0 Å². The largest absolute Gasteiger partial charge is 0.393 e. The van der Waals surface area contributed by atoms with Crippen LogP contribution in [0.1, 0.15) is 6.42 Å². The first-order valence-electron chi connectivity index (χ1n) is 3.30. The molecule has 4 nitrogen and oxygen atoms in total. The van der Waals surface area contributed by atoms with Crippen LogP contribution in [0.4, 0.5) is 8.78 Å². The summed E-state index contributed by atoms with van der Waals surface area (Å²) in [6, 6.07) is 0. The zero-order valence-corrected chi connectivity index (χ0v) is 8.54. The van der Waals surface area contributed by atoms with Gasteiger partial charge in [0.05, 0.1) is 4.99 Å². The van der Waals surface area contributed by atoms with Crippen molar-refractivity contribution < 1.29 is 17.2 Å². The van der Waals surface area contributed by atoms with E-state index in [-0.39, 0.29) is 18.0 Å². The maximum Gasteiger partial charge on any atom is 0.350 e. The molecule has 0 aromatic carbocycles. The summed E-state index contributed by atoms with van der Waals surface area (Å²) in [5, 5.41) is 0. The van der Waals surface area contributed by atoms with Crippen LogP contribution in [-0.2, 0) is 10.0 Å². The smallest absolute Gasteiger partial charge is 0.350 e. The minimum absolute atomic E-state index is 0.0938. The van der Waals surface area contributed by atoms with E-state index in [1.807, 2.05) is 0 Å². The molecule has 0 atom stereocenters. The number of nitrogens with zero attached hydrogens (tertiary/aromatic N) is 1. The number of thiocarbonyl (C=S) groups is 1. The molecule has 0 fully saturated rings. The topological polar surface area (TPSA) is 63.4 Å². The predicted octanol–water partition coefficient (Wildman–Crippen LogP) is 0.147. The van der Waals surface area contributed by atoms with Crippen LogP contribution in [0.5, 0.6) is 0 Å². The first kappa shape index (κ1) is 12.7. The van der Waals surface area contributed by atoms with E-state index in [4.69, 9.17) is 5.73 Å². The van der Waals surface area contributed by atoms with E-state index in [2.05, 4.69) is 12.2 Å². The van der Waals surface area contributed by atoms with Crippen LogP contribution < -0.4 is 5.73 Å². The van der Waals surface area contributed by atoms with Gasteiger partial charge in [-0.15, -0.1) is 0 Å². The highest BCUT2D eigenvalue weighted by molar-refractivity contribution is 7.89. The van der Waals surface area contributed by atoms with E-state index in [1.54, 1.807) is 0 Å². The Labute approximate surface area is 80.7 Å². The average molecular weight is 232 g/mol. The SMILES string of the molecule is CN(CCC(N)=S)S(=O)(=O)C(F)F. The third kappa shape index (κ3) is 3.92. The van der Waals surface area contributed by atoms with Gasteiger partial charge in [-0.3, -0.25) is 0 Å². The normalized spacial score (nSPS) is 12.4. The molecule has 0 saturated carbocycles. The molecule has 0 aromatic heterocycles. The fourth-order valence-electron chi connectivity index (χ4n) is 0.531. The monoisotopic (exact) mass is 232 g/mol. The minimum atomic E-state index is -4.49. The predicted molar refractivity (Wildman–Crippen MR) is 49.0 cm³/mol. The van der Waals surface area contributed by atoms with Gasteiger partial charge in [0.1, 0.15) is 0 Å². The van der Waals surface area contributed by atoms with Crippen LogP contribution in [-0.4, -0.2) is 37.1 Å². The van der Waals surface area contributed by atoms with Gasteiger partial charge in [0.15, 0.2) is 0 Å². The minimum Gasteiger partial charge on any atom is -0.393 e. The van der Waals surface area contributed by atoms with Crippen LogP contribution >= 0.6 is 12.2 Å². The Balaban J connectivity index is 4.27. The van der Waals surface area contributed by atoms with Crippen LogP contribution in [0.2, 0.25) is 0 Å². The van der Waals surface area contributed by atoms with Gasteiger partial charge in [-0.2, -0.15) is 13.1 Å². The van der Waals surface area contributed by atoms with Gasteiger partial charge in [-0.25, -0.2) is 8.42 Å². The lowest BCUT2D eigenvalue weighted by Gasteiger charge is -2.15. The van der Waals surface area contributed by atoms with Crippen molar-refractivity contribution in [3.8, 4) is 0 Å². The highest BCUT2D eigenvalue weighted by Crippen LogP contribution is 2.09. The molecule has 0 saturated heterocycles. The number of sulfonamides is 1. The summed E-state index contributed by atoms with van der Waals surface area (Å²) >= 11 is 4.47. The Morgan fingerprint density at radius 1 is 1.62 bits per heavy atom. The van der Waals surface area contributed by atoms with E-state index in [1.165, 1.54) is 0 Å². The van der Waals surface area contributed by atoms with Gasteiger partial charge in [0.2, 0.25) is 0 Å². The van der Waals surface area contributed by atoms with Gasteiger partial charge in [-0.05, 0) is 0 Å². The standard InChI is InChI=1S/C5H10F2N2O2S2/c1-9(3-2-4(8)12)13(10,11)5(6)7/h5H,2-3H2,1H3,(H2,8,12). The Morgan fingerprint density at radius 3 is 2.38 bits per heavy atom. The van der Waals surface area contributed by atoms with Crippen molar-refractivity contribution in [2.45, 2.75) is 12.2 Å². The van der Waals surface area contributed by atoms with Crippen molar-refractivity contribution in [3.63, 3.8) is 0 Å². The second-order valence-electron chi connectivity index (χ2n) is 2.34. The number of rotatable bonds is 5. The second kappa shape index (κ2) is 4.77. The van der Waals surface area contributed by atoms with Crippen molar-refractivity contribution in [2.75, 3.05) is 13.6 Å². The third-order valence-electron chi connectivity index (χ3n) is 1.33. The lowest BCUT2D eigenvalue weighted by molar-refractivity contribution is 0.223. The summed E-state index contributed by atoms with van der Waals surface area (Å²) in [6.45, 7) is -0.123. The van der Waals surface area contributed by atoms with Crippen molar-refractivity contribution in [1.29, 1.82) is 0 Å². The molecule has 13 heavy (non-hydrogen) atoms. The Kier molecular flexibility index (Phi) is 4.65. The summed E-state index contributed by atoms with van der Waals surface area (Å²) in [4.78, 5) is 0.0938. The molecule has 0 amide bonds. The van der Waals surface area contributed by atoms with Gasteiger partial charge in [-0.1, -0.05) is 12.2 Å².